The topological polar surface area (TPSA) is 50.2 Å². The van der Waals surface area contributed by atoms with Gasteiger partial charge >= 0.3 is 5.97 Å². The van der Waals surface area contributed by atoms with Crippen LogP contribution in [0.15, 0.2) is 42.7 Å². The zero-order valence-corrected chi connectivity index (χ0v) is 11.1. The van der Waals surface area contributed by atoms with Gasteiger partial charge in [0.25, 0.3) is 0 Å². The molecule has 2 heterocycles. The van der Waals surface area contributed by atoms with Crippen LogP contribution in [0.1, 0.15) is 15.2 Å². The third-order valence-electron chi connectivity index (χ3n) is 3.04. The maximum Gasteiger partial charge on any atom is 0.345 e. The second-order valence-electron chi connectivity index (χ2n) is 4.34. The highest BCUT2D eigenvalue weighted by Crippen LogP contribution is 2.36. The number of nitrogens with zero attached hydrogens (tertiary/aromatic N) is 1. The summed E-state index contributed by atoms with van der Waals surface area (Å²) < 4.78 is 0. The minimum Gasteiger partial charge on any atom is -0.477 e. The van der Waals surface area contributed by atoms with Crippen LogP contribution >= 0.6 is 11.3 Å². The lowest BCUT2D eigenvalue weighted by molar-refractivity contribution is 0.0702. The summed E-state index contributed by atoms with van der Waals surface area (Å²) >= 11 is 1.30. The Morgan fingerprint density at radius 2 is 2.05 bits per heavy atom. The first-order chi connectivity index (χ1) is 9.16. The molecule has 0 saturated carbocycles. The molecule has 0 bridgehead atoms. The fourth-order valence-corrected chi connectivity index (χ4v) is 3.19. The fourth-order valence-electron chi connectivity index (χ4n) is 2.15. The van der Waals surface area contributed by atoms with Crippen LogP contribution in [0.25, 0.3) is 21.2 Å². The average molecular weight is 269 g/mol. The summed E-state index contributed by atoms with van der Waals surface area (Å²) in [4.78, 5) is 16.6. The molecule has 2 aromatic heterocycles. The number of carboxylic acid groups (broad SMARTS) is 1. The van der Waals surface area contributed by atoms with Crippen molar-refractivity contribution in [1.29, 1.82) is 0 Å². The number of fused-ring (bicyclic) bond motifs is 1. The maximum absolute atomic E-state index is 11.1. The maximum atomic E-state index is 11.1. The monoisotopic (exact) mass is 269 g/mol. The molecule has 0 unspecified atom stereocenters. The van der Waals surface area contributed by atoms with Gasteiger partial charge in [0.15, 0.2) is 0 Å². The van der Waals surface area contributed by atoms with Crippen molar-refractivity contribution >= 4 is 28.1 Å². The van der Waals surface area contributed by atoms with E-state index in [1.807, 2.05) is 37.4 Å². The molecule has 0 saturated heterocycles. The first-order valence-corrected chi connectivity index (χ1v) is 6.65. The Morgan fingerprint density at radius 3 is 2.79 bits per heavy atom. The van der Waals surface area contributed by atoms with E-state index in [2.05, 4.69) is 4.98 Å². The van der Waals surface area contributed by atoms with Crippen molar-refractivity contribution < 1.29 is 9.90 Å². The largest absolute Gasteiger partial charge is 0.477 e. The van der Waals surface area contributed by atoms with E-state index >= 15 is 0 Å². The molecular weight excluding hydrogens is 258 g/mol. The zero-order valence-electron chi connectivity index (χ0n) is 10.3. The molecule has 0 aliphatic rings. The van der Waals surface area contributed by atoms with E-state index in [1.54, 1.807) is 12.3 Å². The summed E-state index contributed by atoms with van der Waals surface area (Å²) in [6.07, 6.45) is 3.62. The Morgan fingerprint density at radius 1 is 1.26 bits per heavy atom. The third-order valence-corrected chi connectivity index (χ3v) is 4.30. The van der Waals surface area contributed by atoms with Crippen molar-refractivity contribution in [1.82, 2.24) is 4.98 Å². The quantitative estimate of drug-likeness (QED) is 0.765. The molecule has 1 N–H and O–H groups in total. The van der Waals surface area contributed by atoms with Crippen LogP contribution in [0, 0.1) is 6.92 Å². The van der Waals surface area contributed by atoms with Crippen LogP contribution in [-0.2, 0) is 0 Å². The predicted molar refractivity (Wildman–Crippen MR) is 76.8 cm³/mol. The predicted octanol–water partition coefficient (Wildman–Crippen LogP) is 3.97. The molecule has 0 aliphatic carbocycles. The van der Waals surface area contributed by atoms with Crippen molar-refractivity contribution in [2.75, 3.05) is 0 Å². The van der Waals surface area contributed by atoms with Crippen molar-refractivity contribution in [2.45, 2.75) is 6.92 Å². The summed E-state index contributed by atoms with van der Waals surface area (Å²) in [6.45, 7) is 1.93. The second kappa shape index (κ2) is 4.48. The van der Waals surface area contributed by atoms with E-state index < -0.39 is 5.97 Å². The number of hydrogen-bond donors (Lipinski definition) is 1. The Hall–Kier alpha value is -2.20. The average Bonchev–Trinajstić information content (AvgIpc) is 2.80. The number of rotatable bonds is 2. The van der Waals surface area contributed by atoms with Crippen molar-refractivity contribution in [3.05, 3.63) is 53.2 Å². The van der Waals surface area contributed by atoms with E-state index in [-0.39, 0.29) is 0 Å². The molecule has 4 heteroatoms. The molecule has 0 radical (unpaired) electrons. The first kappa shape index (κ1) is 11.9. The van der Waals surface area contributed by atoms with Gasteiger partial charge in [-0.25, -0.2) is 4.79 Å². The van der Waals surface area contributed by atoms with Gasteiger partial charge in [-0.2, -0.15) is 0 Å². The number of carbonyl (C=O) groups is 1. The molecule has 0 fully saturated rings. The first-order valence-electron chi connectivity index (χ1n) is 5.83. The summed E-state index contributed by atoms with van der Waals surface area (Å²) in [5.74, 6) is -0.882. The number of aryl methyl sites for hydroxylation is 1. The van der Waals surface area contributed by atoms with E-state index in [9.17, 15) is 4.79 Å². The molecular formula is C15H11NO2S. The summed E-state index contributed by atoms with van der Waals surface area (Å²) in [7, 11) is 0. The van der Waals surface area contributed by atoms with Crippen LogP contribution < -0.4 is 0 Å². The normalized spacial score (nSPS) is 10.8. The number of hydrogen-bond acceptors (Lipinski definition) is 3. The zero-order chi connectivity index (χ0) is 13.4. The number of benzene rings is 1. The molecule has 1 aromatic carbocycles. The smallest absolute Gasteiger partial charge is 0.345 e. The second-order valence-corrected chi connectivity index (χ2v) is 5.39. The van der Waals surface area contributed by atoms with E-state index in [0.29, 0.717) is 4.88 Å². The van der Waals surface area contributed by atoms with Crippen LogP contribution in [0.2, 0.25) is 0 Å². The van der Waals surface area contributed by atoms with E-state index in [4.69, 9.17) is 5.11 Å². The molecule has 0 spiro atoms. The molecule has 3 nitrogen and oxygen atoms in total. The third kappa shape index (κ3) is 2.00. The minimum atomic E-state index is -0.882. The lowest BCUT2D eigenvalue weighted by Gasteiger charge is -2.04. The Kier molecular flexibility index (Phi) is 2.80. The highest BCUT2D eigenvalue weighted by Gasteiger charge is 2.14. The number of pyridine rings is 1. The number of thiophene rings is 1. The van der Waals surface area contributed by atoms with Gasteiger partial charge in [-0.1, -0.05) is 24.3 Å². The molecule has 0 atom stereocenters. The van der Waals surface area contributed by atoms with Gasteiger partial charge in [0.1, 0.15) is 4.88 Å². The van der Waals surface area contributed by atoms with Crippen molar-refractivity contribution in [3.63, 3.8) is 0 Å². The van der Waals surface area contributed by atoms with E-state index in [1.165, 1.54) is 11.3 Å². The number of aromatic nitrogens is 1. The lowest BCUT2D eigenvalue weighted by atomic mass is 10.0. The standard InChI is InChI=1S/C15H11NO2S/c1-9-6-13(15(17)18)19-14(9)12-8-16-7-10-4-2-3-5-11(10)12/h2-8H,1H3,(H,17,18). The van der Waals surface area contributed by atoms with Gasteiger partial charge < -0.3 is 5.11 Å². The SMILES string of the molecule is Cc1cc(C(=O)O)sc1-c1cncc2ccccc12. The Labute approximate surface area is 114 Å². The van der Waals surface area contributed by atoms with E-state index in [0.717, 1.165) is 26.8 Å². The number of carboxylic acids is 1. The molecule has 0 amide bonds. The van der Waals surface area contributed by atoms with Gasteiger partial charge in [-0.05, 0) is 23.9 Å². The highest BCUT2D eigenvalue weighted by atomic mass is 32.1. The molecule has 3 aromatic rings. The van der Waals surface area contributed by atoms with Crippen LogP contribution in [-0.4, -0.2) is 16.1 Å². The summed E-state index contributed by atoms with van der Waals surface area (Å²) in [5.41, 5.74) is 1.97. The van der Waals surface area contributed by atoms with Crippen LogP contribution in [0.5, 0.6) is 0 Å². The van der Waals surface area contributed by atoms with Gasteiger partial charge in [0, 0.05) is 28.2 Å². The van der Waals surface area contributed by atoms with Gasteiger partial charge in [-0.3, -0.25) is 4.98 Å². The van der Waals surface area contributed by atoms with Crippen molar-refractivity contribution in [2.24, 2.45) is 0 Å². The molecule has 0 aliphatic heterocycles. The Bertz CT molecular complexity index is 771. The van der Waals surface area contributed by atoms with Crippen LogP contribution in [0.3, 0.4) is 0 Å². The molecule has 3 rings (SSSR count). The minimum absolute atomic E-state index is 0.362. The van der Waals surface area contributed by atoms with Crippen molar-refractivity contribution in [3.8, 4) is 10.4 Å². The Balaban J connectivity index is 2.27. The molecule has 94 valence electrons. The summed E-state index contributed by atoms with van der Waals surface area (Å²) in [6, 6.07) is 9.70. The summed E-state index contributed by atoms with van der Waals surface area (Å²) in [5, 5.41) is 11.2. The molecule has 19 heavy (non-hydrogen) atoms. The van der Waals surface area contributed by atoms with Gasteiger partial charge in [0.2, 0.25) is 0 Å². The van der Waals surface area contributed by atoms with Gasteiger partial charge in [0.05, 0.1) is 0 Å². The van der Waals surface area contributed by atoms with Gasteiger partial charge in [-0.15, -0.1) is 11.3 Å². The number of aromatic carboxylic acids is 1. The van der Waals surface area contributed by atoms with Crippen LogP contribution in [0.4, 0.5) is 0 Å². The highest BCUT2D eigenvalue weighted by molar-refractivity contribution is 7.17. The lowest BCUT2D eigenvalue weighted by Crippen LogP contribution is -1.89. The fraction of sp³-hybridized carbons (Fsp3) is 0.0667.